The lowest BCUT2D eigenvalue weighted by atomic mass is 9.91. The van der Waals surface area contributed by atoms with Crippen molar-refractivity contribution in [1.82, 2.24) is 20.2 Å². The first-order chi connectivity index (χ1) is 17.4. The monoisotopic (exact) mass is 497 g/mol. The van der Waals surface area contributed by atoms with E-state index in [9.17, 15) is 13.6 Å². The number of anilines is 2. The molecule has 36 heavy (non-hydrogen) atoms. The van der Waals surface area contributed by atoms with Crippen molar-refractivity contribution in [2.45, 2.75) is 44.8 Å². The van der Waals surface area contributed by atoms with E-state index in [2.05, 4.69) is 25.5 Å². The van der Waals surface area contributed by atoms with Gasteiger partial charge < -0.3 is 20.1 Å². The van der Waals surface area contributed by atoms with Crippen LogP contribution in [0.4, 0.5) is 20.3 Å². The predicted octanol–water partition coefficient (Wildman–Crippen LogP) is 4.09. The van der Waals surface area contributed by atoms with E-state index in [1.54, 1.807) is 19.2 Å². The Morgan fingerprint density at radius 2 is 1.92 bits per heavy atom. The number of amides is 1. The van der Waals surface area contributed by atoms with Crippen LogP contribution in [0.1, 0.15) is 31.2 Å². The van der Waals surface area contributed by atoms with Crippen molar-refractivity contribution in [3.8, 4) is 11.5 Å². The summed E-state index contributed by atoms with van der Waals surface area (Å²) in [6.07, 6.45) is 5.01. The molecule has 2 aromatic carbocycles. The topological polar surface area (TPSA) is 88.6 Å². The van der Waals surface area contributed by atoms with Gasteiger partial charge >= 0.3 is 0 Å². The van der Waals surface area contributed by atoms with Gasteiger partial charge in [0.25, 0.3) is 0 Å². The number of piperazine rings is 1. The lowest BCUT2D eigenvalue weighted by Crippen LogP contribution is -2.52. The zero-order chi connectivity index (χ0) is 25.2. The minimum absolute atomic E-state index is 0.00412. The number of carbonyl (C=O) groups is 1. The third kappa shape index (κ3) is 4.90. The highest BCUT2D eigenvalue weighted by Gasteiger charge is 2.30. The summed E-state index contributed by atoms with van der Waals surface area (Å²) in [4.78, 5) is 22.6. The van der Waals surface area contributed by atoms with Gasteiger partial charge in [-0.3, -0.25) is 9.69 Å². The SMILES string of the molecule is COc1cc2ncnc(Nc3ccc(F)c(C)c3F)c2cc1O[C@H]1CC[C@H](N2CCNC(=O)C2)CC1. The highest BCUT2D eigenvalue weighted by atomic mass is 19.1. The molecule has 5 rings (SSSR count). The summed E-state index contributed by atoms with van der Waals surface area (Å²) >= 11 is 0. The zero-order valence-corrected chi connectivity index (χ0v) is 20.3. The molecule has 1 aromatic heterocycles. The first kappa shape index (κ1) is 24.2. The van der Waals surface area contributed by atoms with Crippen LogP contribution >= 0.6 is 0 Å². The van der Waals surface area contributed by atoms with Gasteiger partial charge in [-0.25, -0.2) is 18.7 Å². The molecule has 0 atom stereocenters. The van der Waals surface area contributed by atoms with Crippen molar-refractivity contribution in [3.63, 3.8) is 0 Å². The van der Waals surface area contributed by atoms with Gasteiger partial charge in [0, 0.05) is 36.1 Å². The van der Waals surface area contributed by atoms with Crippen LogP contribution in [0.25, 0.3) is 10.9 Å². The van der Waals surface area contributed by atoms with E-state index in [1.165, 1.54) is 25.4 Å². The molecule has 1 aliphatic heterocycles. The lowest BCUT2D eigenvalue weighted by Gasteiger charge is -2.38. The third-order valence-electron chi connectivity index (χ3n) is 7.02. The number of rotatable bonds is 6. The van der Waals surface area contributed by atoms with Crippen LogP contribution in [0.15, 0.2) is 30.6 Å². The molecule has 0 bridgehead atoms. The van der Waals surface area contributed by atoms with E-state index in [-0.39, 0.29) is 23.3 Å². The number of nitrogens with zero attached hydrogens (tertiary/aromatic N) is 3. The molecule has 2 heterocycles. The minimum Gasteiger partial charge on any atom is -0.493 e. The molecule has 190 valence electrons. The van der Waals surface area contributed by atoms with Crippen molar-refractivity contribution >= 4 is 28.3 Å². The van der Waals surface area contributed by atoms with Gasteiger partial charge in [0.05, 0.1) is 31.0 Å². The van der Waals surface area contributed by atoms with E-state index >= 15 is 0 Å². The van der Waals surface area contributed by atoms with Crippen LogP contribution in [-0.4, -0.2) is 59.7 Å². The Morgan fingerprint density at radius 1 is 1.11 bits per heavy atom. The predicted molar refractivity (Wildman–Crippen MR) is 132 cm³/mol. The summed E-state index contributed by atoms with van der Waals surface area (Å²) in [5.74, 6) is 0.288. The number of nitrogens with one attached hydrogen (secondary N) is 2. The maximum atomic E-state index is 14.6. The second kappa shape index (κ2) is 10.2. The fraction of sp³-hybridized carbons (Fsp3) is 0.423. The number of methoxy groups -OCH3 is 1. The number of fused-ring (bicyclic) bond motifs is 1. The standard InChI is InChI=1S/C26H29F2N5O3/c1-15-19(27)7-8-20(25(15)28)32-26-18-11-23(22(35-2)12-21(18)30-14-31-26)36-17-5-3-16(4-6-17)33-10-9-29-24(34)13-33/h7-8,11-12,14,16-17H,3-6,9-10,13H2,1-2H3,(H,29,34)(H,30,31,32)/t16-,17-. The Bertz CT molecular complexity index is 1280. The summed E-state index contributed by atoms with van der Waals surface area (Å²) in [6.45, 7) is 3.42. The molecule has 2 aliphatic rings. The molecule has 8 nitrogen and oxygen atoms in total. The van der Waals surface area contributed by atoms with E-state index in [1.807, 2.05) is 0 Å². The lowest BCUT2D eigenvalue weighted by molar-refractivity contribution is -0.125. The van der Waals surface area contributed by atoms with Crippen LogP contribution in [0.5, 0.6) is 11.5 Å². The van der Waals surface area contributed by atoms with E-state index in [0.29, 0.717) is 47.4 Å². The highest BCUT2D eigenvalue weighted by Crippen LogP contribution is 2.37. The molecule has 2 N–H and O–H groups in total. The molecule has 2 fully saturated rings. The van der Waals surface area contributed by atoms with Gasteiger partial charge in [-0.2, -0.15) is 0 Å². The van der Waals surface area contributed by atoms with Crippen LogP contribution < -0.4 is 20.1 Å². The fourth-order valence-corrected chi connectivity index (χ4v) is 4.98. The molecular weight excluding hydrogens is 468 g/mol. The van der Waals surface area contributed by atoms with E-state index < -0.39 is 11.6 Å². The van der Waals surface area contributed by atoms with Gasteiger partial charge in [-0.05, 0) is 50.8 Å². The molecule has 10 heteroatoms. The van der Waals surface area contributed by atoms with Crippen molar-refractivity contribution in [1.29, 1.82) is 0 Å². The average Bonchev–Trinajstić information content (AvgIpc) is 2.89. The fourth-order valence-electron chi connectivity index (χ4n) is 4.98. The van der Waals surface area contributed by atoms with Gasteiger partial charge in [0.1, 0.15) is 18.0 Å². The molecule has 0 spiro atoms. The number of aromatic nitrogens is 2. The second-order valence-corrected chi connectivity index (χ2v) is 9.27. The Morgan fingerprint density at radius 3 is 2.67 bits per heavy atom. The maximum Gasteiger partial charge on any atom is 0.234 e. The number of ether oxygens (including phenoxy) is 2. The summed E-state index contributed by atoms with van der Waals surface area (Å²) < 4.78 is 40.3. The van der Waals surface area contributed by atoms with E-state index in [4.69, 9.17) is 9.47 Å². The normalized spacial score (nSPS) is 20.7. The summed E-state index contributed by atoms with van der Waals surface area (Å²) in [5.41, 5.74) is 0.657. The number of hydrogen-bond donors (Lipinski definition) is 2. The largest absolute Gasteiger partial charge is 0.493 e. The number of carbonyl (C=O) groups excluding carboxylic acids is 1. The van der Waals surface area contributed by atoms with Crippen LogP contribution in [-0.2, 0) is 4.79 Å². The zero-order valence-electron chi connectivity index (χ0n) is 20.3. The molecule has 3 aromatic rings. The average molecular weight is 498 g/mol. The quantitative estimate of drug-likeness (QED) is 0.530. The van der Waals surface area contributed by atoms with Crippen molar-refractivity contribution in [2.24, 2.45) is 0 Å². The summed E-state index contributed by atoms with van der Waals surface area (Å²) in [7, 11) is 1.57. The van der Waals surface area contributed by atoms with Crippen molar-refractivity contribution in [3.05, 3.63) is 47.8 Å². The Labute approximate surface area is 208 Å². The molecular formula is C26H29F2N5O3. The van der Waals surface area contributed by atoms with Crippen LogP contribution in [0.3, 0.4) is 0 Å². The molecule has 1 amide bonds. The summed E-state index contributed by atoms with van der Waals surface area (Å²) in [6, 6.07) is 6.51. The third-order valence-corrected chi connectivity index (χ3v) is 7.02. The molecule has 0 unspecified atom stereocenters. The van der Waals surface area contributed by atoms with E-state index in [0.717, 1.165) is 32.2 Å². The maximum absolute atomic E-state index is 14.6. The van der Waals surface area contributed by atoms with Crippen LogP contribution in [0.2, 0.25) is 0 Å². The number of benzene rings is 2. The van der Waals surface area contributed by atoms with Gasteiger partial charge in [-0.15, -0.1) is 0 Å². The smallest absolute Gasteiger partial charge is 0.234 e. The first-order valence-electron chi connectivity index (χ1n) is 12.1. The van der Waals surface area contributed by atoms with Gasteiger partial charge in [0.2, 0.25) is 5.91 Å². The minimum atomic E-state index is -0.672. The molecule has 1 saturated heterocycles. The Hall–Kier alpha value is -3.53. The van der Waals surface area contributed by atoms with Crippen molar-refractivity contribution < 1.29 is 23.0 Å². The van der Waals surface area contributed by atoms with Crippen LogP contribution in [0, 0.1) is 18.6 Å². The first-order valence-corrected chi connectivity index (χ1v) is 12.1. The molecule has 0 radical (unpaired) electrons. The Balaban J connectivity index is 1.35. The van der Waals surface area contributed by atoms with Gasteiger partial charge in [0.15, 0.2) is 17.3 Å². The van der Waals surface area contributed by atoms with Crippen molar-refractivity contribution in [2.75, 3.05) is 32.1 Å². The molecule has 1 saturated carbocycles. The molecule has 1 aliphatic carbocycles. The second-order valence-electron chi connectivity index (χ2n) is 9.27. The van der Waals surface area contributed by atoms with Gasteiger partial charge in [-0.1, -0.05) is 0 Å². The number of hydrogen-bond acceptors (Lipinski definition) is 7. The Kier molecular flexibility index (Phi) is 6.86. The summed E-state index contributed by atoms with van der Waals surface area (Å²) in [5, 5.41) is 6.47. The highest BCUT2D eigenvalue weighted by molar-refractivity contribution is 5.93. The number of halogens is 2.